The van der Waals surface area contributed by atoms with Gasteiger partial charge in [0.05, 0.1) is 24.6 Å². The Kier molecular flexibility index (Phi) is 5.09. The largest absolute Gasteiger partial charge is 0.378 e. The maximum Gasteiger partial charge on any atom is 0.335 e. The highest BCUT2D eigenvalue weighted by molar-refractivity contribution is 6.39. The predicted molar refractivity (Wildman–Crippen MR) is 105 cm³/mol. The molecule has 0 bridgehead atoms. The van der Waals surface area contributed by atoms with Crippen molar-refractivity contribution in [1.29, 1.82) is 0 Å². The Morgan fingerprint density at radius 3 is 2.41 bits per heavy atom. The van der Waals surface area contributed by atoms with Gasteiger partial charge >= 0.3 is 6.03 Å². The number of amides is 4. The lowest BCUT2D eigenvalue weighted by molar-refractivity contribution is -0.122. The second kappa shape index (κ2) is 7.84. The standard InChI is InChI=1S/C21H18FN3O4/c22-17-13-14(6-7-18(17)24-8-10-29-11-9-24)12-16-19(26)23-21(28)25(20(16)27)15-4-2-1-3-5-15/h1-7,12-13H,8-11H2,(H,23,26,28)/b16-12+. The van der Waals surface area contributed by atoms with Crippen molar-refractivity contribution >= 4 is 35.3 Å². The topological polar surface area (TPSA) is 79.0 Å². The first-order chi connectivity index (χ1) is 14.0. The minimum Gasteiger partial charge on any atom is -0.378 e. The number of carbonyl (C=O) groups is 3. The average molecular weight is 395 g/mol. The number of carbonyl (C=O) groups excluding carboxylic acids is 3. The fourth-order valence-corrected chi connectivity index (χ4v) is 3.31. The van der Waals surface area contributed by atoms with Crippen LogP contribution in [0, 0.1) is 5.82 Å². The molecule has 8 heteroatoms. The smallest absolute Gasteiger partial charge is 0.335 e. The van der Waals surface area contributed by atoms with Gasteiger partial charge in [0.15, 0.2) is 0 Å². The molecule has 0 spiro atoms. The number of para-hydroxylation sites is 1. The number of benzene rings is 2. The number of barbiturate groups is 1. The van der Waals surface area contributed by atoms with E-state index in [1.165, 1.54) is 12.1 Å². The molecule has 0 radical (unpaired) electrons. The van der Waals surface area contributed by atoms with E-state index in [1.54, 1.807) is 42.5 Å². The second-order valence-corrected chi connectivity index (χ2v) is 6.60. The van der Waals surface area contributed by atoms with Crippen LogP contribution in [0.1, 0.15) is 5.56 Å². The van der Waals surface area contributed by atoms with Crippen molar-refractivity contribution in [2.75, 3.05) is 36.1 Å². The van der Waals surface area contributed by atoms with E-state index < -0.39 is 23.7 Å². The summed E-state index contributed by atoms with van der Waals surface area (Å²) in [5.74, 6) is -2.03. The molecule has 2 fully saturated rings. The van der Waals surface area contributed by atoms with Gasteiger partial charge in [-0.15, -0.1) is 0 Å². The molecule has 2 saturated heterocycles. The van der Waals surface area contributed by atoms with Crippen LogP contribution in [-0.4, -0.2) is 44.1 Å². The van der Waals surface area contributed by atoms with Crippen LogP contribution in [0.15, 0.2) is 54.1 Å². The van der Waals surface area contributed by atoms with Gasteiger partial charge in [-0.05, 0) is 35.9 Å². The summed E-state index contributed by atoms with van der Waals surface area (Å²) in [6, 6.07) is 12.0. The van der Waals surface area contributed by atoms with E-state index in [0.29, 0.717) is 43.2 Å². The minimum atomic E-state index is -0.822. The van der Waals surface area contributed by atoms with E-state index in [-0.39, 0.29) is 5.57 Å². The predicted octanol–water partition coefficient (Wildman–Crippen LogP) is 2.33. The van der Waals surface area contributed by atoms with E-state index in [4.69, 9.17) is 4.74 Å². The van der Waals surface area contributed by atoms with Crippen LogP contribution in [0.3, 0.4) is 0 Å². The van der Waals surface area contributed by atoms with Crippen LogP contribution in [0.25, 0.3) is 6.08 Å². The molecule has 2 heterocycles. The Morgan fingerprint density at radius 1 is 1.00 bits per heavy atom. The van der Waals surface area contributed by atoms with Crippen LogP contribution in [0.4, 0.5) is 20.6 Å². The van der Waals surface area contributed by atoms with Crippen molar-refractivity contribution in [1.82, 2.24) is 5.32 Å². The number of ether oxygens (including phenoxy) is 1. The molecule has 29 heavy (non-hydrogen) atoms. The van der Waals surface area contributed by atoms with Gasteiger partial charge in [-0.2, -0.15) is 0 Å². The Balaban J connectivity index is 1.64. The summed E-state index contributed by atoms with van der Waals surface area (Å²) >= 11 is 0. The molecule has 0 saturated carbocycles. The van der Waals surface area contributed by atoms with Crippen LogP contribution < -0.4 is 15.1 Å². The van der Waals surface area contributed by atoms with Crippen molar-refractivity contribution < 1.29 is 23.5 Å². The molecule has 0 aromatic heterocycles. The number of urea groups is 1. The number of nitrogens with zero attached hydrogens (tertiary/aromatic N) is 2. The molecular weight excluding hydrogens is 377 g/mol. The molecule has 0 atom stereocenters. The molecule has 4 rings (SSSR count). The molecule has 2 aliphatic heterocycles. The fraction of sp³-hybridized carbons (Fsp3) is 0.190. The summed E-state index contributed by atoms with van der Waals surface area (Å²) in [7, 11) is 0. The molecule has 2 aromatic rings. The van der Waals surface area contributed by atoms with Gasteiger partial charge in [0, 0.05) is 13.1 Å². The molecule has 1 N–H and O–H groups in total. The number of morpholine rings is 1. The Hall–Kier alpha value is -3.52. The summed E-state index contributed by atoms with van der Waals surface area (Å²) < 4.78 is 19.9. The first-order valence-electron chi connectivity index (χ1n) is 9.13. The lowest BCUT2D eigenvalue weighted by atomic mass is 10.1. The molecule has 0 aliphatic carbocycles. The monoisotopic (exact) mass is 395 g/mol. The highest BCUT2D eigenvalue weighted by Gasteiger charge is 2.36. The molecular formula is C21H18FN3O4. The lowest BCUT2D eigenvalue weighted by Crippen LogP contribution is -2.54. The van der Waals surface area contributed by atoms with Crippen LogP contribution in [0.5, 0.6) is 0 Å². The van der Waals surface area contributed by atoms with E-state index >= 15 is 0 Å². The third kappa shape index (κ3) is 3.74. The summed E-state index contributed by atoms with van der Waals surface area (Å²) in [6.07, 6.45) is 1.28. The normalized spacial score (nSPS) is 18.9. The lowest BCUT2D eigenvalue weighted by Gasteiger charge is -2.29. The number of halogens is 1. The molecule has 7 nitrogen and oxygen atoms in total. The summed E-state index contributed by atoms with van der Waals surface area (Å²) in [4.78, 5) is 40.0. The summed E-state index contributed by atoms with van der Waals surface area (Å²) in [6.45, 7) is 2.24. The highest BCUT2D eigenvalue weighted by atomic mass is 19.1. The SMILES string of the molecule is O=C1NC(=O)N(c2ccccc2)C(=O)/C1=C/c1ccc(N2CCOCC2)c(F)c1. The van der Waals surface area contributed by atoms with Crippen molar-refractivity contribution in [2.45, 2.75) is 0 Å². The maximum absolute atomic E-state index is 14.6. The van der Waals surface area contributed by atoms with Gasteiger partial charge in [0.1, 0.15) is 11.4 Å². The van der Waals surface area contributed by atoms with Crippen molar-refractivity contribution in [3.63, 3.8) is 0 Å². The number of anilines is 2. The zero-order valence-corrected chi connectivity index (χ0v) is 15.4. The second-order valence-electron chi connectivity index (χ2n) is 6.60. The van der Waals surface area contributed by atoms with Crippen LogP contribution in [-0.2, 0) is 14.3 Å². The third-order valence-corrected chi connectivity index (χ3v) is 4.75. The van der Waals surface area contributed by atoms with E-state index in [1.807, 2.05) is 4.90 Å². The molecule has 0 unspecified atom stereocenters. The quantitative estimate of drug-likeness (QED) is 0.638. The number of rotatable bonds is 3. The summed E-state index contributed by atoms with van der Waals surface area (Å²) in [5.41, 5.74) is 0.880. The zero-order valence-electron chi connectivity index (χ0n) is 15.4. The third-order valence-electron chi connectivity index (χ3n) is 4.75. The average Bonchev–Trinajstić information content (AvgIpc) is 2.72. The van der Waals surface area contributed by atoms with Crippen LogP contribution in [0.2, 0.25) is 0 Å². The van der Waals surface area contributed by atoms with Gasteiger partial charge in [0.25, 0.3) is 11.8 Å². The van der Waals surface area contributed by atoms with E-state index in [2.05, 4.69) is 5.32 Å². The van der Waals surface area contributed by atoms with E-state index in [9.17, 15) is 18.8 Å². The minimum absolute atomic E-state index is 0.244. The number of nitrogens with one attached hydrogen (secondary N) is 1. The first kappa shape index (κ1) is 18.8. The van der Waals surface area contributed by atoms with Gasteiger partial charge in [-0.25, -0.2) is 14.1 Å². The highest BCUT2D eigenvalue weighted by Crippen LogP contribution is 2.25. The van der Waals surface area contributed by atoms with Crippen LogP contribution >= 0.6 is 0 Å². The van der Waals surface area contributed by atoms with Crippen molar-refractivity contribution in [3.8, 4) is 0 Å². The maximum atomic E-state index is 14.6. The number of imide groups is 2. The summed E-state index contributed by atoms with van der Waals surface area (Å²) in [5, 5.41) is 2.15. The Morgan fingerprint density at radius 2 is 1.72 bits per heavy atom. The molecule has 2 aromatic carbocycles. The Bertz CT molecular complexity index is 1000. The number of hydrogen-bond acceptors (Lipinski definition) is 5. The molecule has 4 amide bonds. The molecule has 2 aliphatic rings. The van der Waals surface area contributed by atoms with E-state index in [0.717, 1.165) is 4.90 Å². The van der Waals surface area contributed by atoms with Gasteiger partial charge in [-0.1, -0.05) is 24.3 Å². The Labute approximate surface area is 166 Å². The van der Waals surface area contributed by atoms with Crippen molar-refractivity contribution in [2.24, 2.45) is 0 Å². The van der Waals surface area contributed by atoms with Gasteiger partial charge in [-0.3, -0.25) is 14.9 Å². The zero-order chi connectivity index (χ0) is 20.4. The van der Waals surface area contributed by atoms with Gasteiger partial charge in [0.2, 0.25) is 0 Å². The first-order valence-corrected chi connectivity index (χ1v) is 9.13. The number of hydrogen-bond donors (Lipinski definition) is 1. The molecule has 148 valence electrons. The fourth-order valence-electron chi connectivity index (χ4n) is 3.31. The van der Waals surface area contributed by atoms with Gasteiger partial charge < -0.3 is 9.64 Å². The van der Waals surface area contributed by atoms with Crippen molar-refractivity contribution in [3.05, 3.63) is 65.5 Å².